The Morgan fingerprint density at radius 2 is 1.91 bits per heavy atom. The van der Waals surface area contributed by atoms with Crippen molar-refractivity contribution in [3.63, 3.8) is 0 Å². The maximum Gasteiger partial charge on any atom is 0.451 e. The summed E-state index contributed by atoms with van der Waals surface area (Å²) in [6, 6.07) is 6.00. The van der Waals surface area contributed by atoms with Crippen LogP contribution < -0.4 is 11.1 Å². The van der Waals surface area contributed by atoms with Gasteiger partial charge in [0.1, 0.15) is 17.7 Å². The van der Waals surface area contributed by atoms with Crippen LogP contribution in [0.25, 0.3) is 16.6 Å². The molecular weight excluding hydrogens is 534 g/mol. The van der Waals surface area contributed by atoms with Crippen LogP contribution >= 0.6 is 15.9 Å². The van der Waals surface area contributed by atoms with E-state index in [9.17, 15) is 17.6 Å². The first-order chi connectivity index (χ1) is 16.6. The van der Waals surface area contributed by atoms with Crippen LogP contribution in [0.4, 0.5) is 29.1 Å². The molecule has 4 rings (SSSR count). The molecule has 4 N–H and O–H groups in total. The van der Waals surface area contributed by atoms with Gasteiger partial charge in [0.05, 0.1) is 21.6 Å². The molecule has 0 saturated carbocycles. The standard InChI is InChI=1S/C21H16BrF4N9/c1-10(14(34-28)8-29-13-5-3-2-4-12(13)23)17-16(22)15(18-19(27)32-9-33-35(17)18)11-6-30-20(31-7-11)21(24,25)26/h2-10,28-29H,1H3,(H2,27,32,33)/b14-8-,34-28?. The minimum atomic E-state index is -4.69. The number of nitrogens with one attached hydrogen (secondary N) is 2. The van der Waals surface area contributed by atoms with Crippen molar-refractivity contribution in [1.29, 1.82) is 5.53 Å². The number of hydrogen-bond acceptors (Lipinski definition) is 8. The summed E-state index contributed by atoms with van der Waals surface area (Å²) in [6.07, 6.45) is -0.0323. The lowest BCUT2D eigenvalue weighted by Crippen LogP contribution is -2.10. The number of allylic oxidation sites excluding steroid dienone is 1. The van der Waals surface area contributed by atoms with E-state index >= 15 is 0 Å². The number of para-hydroxylation sites is 1. The molecule has 0 bridgehead atoms. The third-order valence-corrected chi connectivity index (χ3v) is 5.96. The van der Waals surface area contributed by atoms with Crippen molar-refractivity contribution in [3.8, 4) is 11.1 Å². The number of benzene rings is 1. The van der Waals surface area contributed by atoms with E-state index in [0.29, 0.717) is 21.2 Å². The minimum Gasteiger partial charge on any atom is -0.382 e. The molecule has 180 valence electrons. The highest BCUT2D eigenvalue weighted by Gasteiger charge is 2.35. The molecule has 0 saturated heterocycles. The highest BCUT2D eigenvalue weighted by Crippen LogP contribution is 2.43. The van der Waals surface area contributed by atoms with Gasteiger partial charge in [0.25, 0.3) is 0 Å². The lowest BCUT2D eigenvalue weighted by atomic mass is 10.0. The van der Waals surface area contributed by atoms with Crippen LogP contribution in [0.1, 0.15) is 24.4 Å². The topological polar surface area (TPSA) is 130 Å². The molecule has 4 aromatic rings. The summed E-state index contributed by atoms with van der Waals surface area (Å²) in [7, 11) is 0. The number of nitrogens with two attached hydrogens (primary N) is 1. The van der Waals surface area contributed by atoms with Gasteiger partial charge < -0.3 is 11.1 Å². The Bertz CT molecular complexity index is 1430. The second-order valence-electron chi connectivity index (χ2n) is 7.30. The molecule has 0 aliphatic heterocycles. The van der Waals surface area contributed by atoms with Crippen LogP contribution in [0.5, 0.6) is 0 Å². The molecule has 35 heavy (non-hydrogen) atoms. The Labute approximate surface area is 203 Å². The molecule has 0 radical (unpaired) electrons. The Morgan fingerprint density at radius 1 is 1.23 bits per heavy atom. The first-order valence-electron chi connectivity index (χ1n) is 9.92. The summed E-state index contributed by atoms with van der Waals surface area (Å²) in [5, 5.41) is 10.6. The van der Waals surface area contributed by atoms with E-state index in [0.717, 1.165) is 12.4 Å². The van der Waals surface area contributed by atoms with Crippen molar-refractivity contribution in [2.45, 2.75) is 19.0 Å². The van der Waals surface area contributed by atoms with E-state index in [4.69, 9.17) is 11.3 Å². The van der Waals surface area contributed by atoms with E-state index in [-0.39, 0.29) is 22.8 Å². The normalized spacial score (nSPS) is 13.1. The van der Waals surface area contributed by atoms with Gasteiger partial charge in [-0.25, -0.2) is 29.4 Å². The van der Waals surface area contributed by atoms with Gasteiger partial charge in [0, 0.05) is 35.6 Å². The molecule has 14 heteroatoms. The molecule has 0 spiro atoms. The van der Waals surface area contributed by atoms with E-state index in [2.05, 4.69) is 46.4 Å². The zero-order valence-electron chi connectivity index (χ0n) is 17.8. The Kier molecular flexibility index (Phi) is 6.47. The average Bonchev–Trinajstić information content (AvgIpc) is 3.13. The third kappa shape index (κ3) is 4.56. The fraction of sp³-hybridized carbons (Fsp3) is 0.143. The Hall–Kier alpha value is -3.94. The number of anilines is 2. The van der Waals surface area contributed by atoms with Crippen molar-refractivity contribution < 1.29 is 17.6 Å². The summed E-state index contributed by atoms with van der Waals surface area (Å²) in [5.74, 6) is -2.31. The number of alkyl halides is 3. The van der Waals surface area contributed by atoms with Gasteiger partial charge in [-0.2, -0.15) is 23.4 Å². The molecule has 1 aromatic carbocycles. The van der Waals surface area contributed by atoms with Gasteiger partial charge in [-0.3, -0.25) is 0 Å². The number of fused-ring (bicyclic) bond motifs is 1. The molecule has 0 fully saturated rings. The third-order valence-electron chi connectivity index (χ3n) is 5.15. The van der Waals surface area contributed by atoms with Crippen LogP contribution in [0.3, 0.4) is 0 Å². The predicted molar refractivity (Wildman–Crippen MR) is 123 cm³/mol. The quantitative estimate of drug-likeness (QED) is 0.206. The number of nitrogens with zero attached hydrogens (tertiary/aromatic N) is 6. The van der Waals surface area contributed by atoms with Crippen LogP contribution in [-0.2, 0) is 6.18 Å². The largest absolute Gasteiger partial charge is 0.451 e. The highest BCUT2D eigenvalue weighted by molar-refractivity contribution is 9.10. The second-order valence-corrected chi connectivity index (χ2v) is 8.09. The SMILES string of the molecule is CC(/C(=C/Nc1ccccc1F)N=N)c1c(Br)c(-c2cnc(C(F)(F)F)nc2)c2c(N)ncnn12. The van der Waals surface area contributed by atoms with Gasteiger partial charge in [-0.15, -0.1) is 0 Å². The lowest BCUT2D eigenvalue weighted by molar-refractivity contribution is -0.144. The molecule has 9 nitrogen and oxygen atoms in total. The van der Waals surface area contributed by atoms with E-state index in [1.807, 2.05) is 0 Å². The van der Waals surface area contributed by atoms with Crippen LogP contribution in [0.15, 0.2) is 64.5 Å². The number of hydrogen-bond donors (Lipinski definition) is 3. The van der Waals surface area contributed by atoms with Gasteiger partial charge in [0.2, 0.25) is 5.82 Å². The van der Waals surface area contributed by atoms with Gasteiger partial charge >= 0.3 is 6.18 Å². The van der Waals surface area contributed by atoms with Crippen LogP contribution in [0.2, 0.25) is 0 Å². The van der Waals surface area contributed by atoms with Gasteiger partial charge in [-0.1, -0.05) is 19.1 Å². The highest BCUT2D eigenvalue weighted by atomic mass is 79.9. The average molecular weight is 550 g/mol. The fourth-order valence-electron chi connectivity index (χ4n) is 3.47. The zero-order chi connectivity index (χ0) is 25.3. The Morgan fingerprint density at radius 3 is 2.54 bits per heavy atom. The summed E-state index contributed by atoms with van der Waals surface area (Å²) in [4.78, 5) is 10.8. The molecule has 0 amide bonds. The molecular formula is C21H16BrF4N9. The molecule has 1 unspecified atom stereocenters. The van der Waals surface area contributed by atoms with E-state index < -0.39 is 23.7 Å². The number of rotatable bonds is 6. The summed E-state index contributed by atoms with van der Waals surface area (Å²) >= 11 is 3.50. The van der Waals surface area contributed by atoms with Crippen molar-refractivity contribution >= 4 is 33.0 Å². The fourth-order valence-corrected chi connectivity index (χ4v) is 4.40. The maximum absolute atomic E-state index is 14.0. The first-order valence-corrected chi connectivity index (χ1v) is 10.7. The van der Waals surface area contributed by atoms with Crippen LogP contribution in [0, 0.1) is 11.3 Å². The van der Waals surface area contributed by atoms with Gasteiger partial charge in [0.15, 0.2) is 5.82 Å². The molecule has 0 aliphatic rings. The number of halogens is 5. The number of nitrogen functional groups attached to an aromatic ring is 1. The van der Waals surface area contributed by atoms with Crippen molar-refractivity contribution in [2.75, 3.05) is 11.1 Å². The van der Waals surface area contributed by atoms with E-state index in [1.54, 1.807) is 19.1 Å². The van der Waals surface area contributed by atoms with Crippen molar-refractivity contribution in [3.05, 3.63) is 76.7 Å². The number of aromatic nitrogens is 5. The zero-order valence-corrected chi connectivity index (χ0v) is 19.4. The summed E-state index contributed by atoms with van der Waals surface area (Å²) in [5.41, 5.74) is 15.5. The molecule has 1 atom stereocenters. The minimum absolute atomic E-state index is 0.0619. The van der Waals surface area contributed by atoms with E-state index in [1.165, 1.54) is 29.2 Å². The summed E-state index contributed by atoms with van der Waals surface area (Å²) < 4.78 is 54.7. The molecule has 0 aliphatic carbocycles. The second kappa shape index (κ2) is 9.37. The molecule has 3 aromatic heterocycles. The first kappa shape index (κ1) is 24.2. The maximum atomic E-state index is 14.0. The Balaban J connectivity index is 1.83. The monoisotopic (exact) mass is 549 g/mol. The lowest BCUT2D eigenvalue weighted by Gasteiger charge is -2.13. The summed E-state index contributed by atoms with van der Waals surface area (Å²) in [6.45, 7) is 1.73. The van der Waals surface area contributed by atoms with Gasteiger partial charge in [-0.05, 0) is 28.1 Å². The van der Waals surface area contributed by atoms with Crippen molar-refractivity contribution in [1.82, 2.24) is 24.6 Å². The van der Waals surface area contributed by atoms with Crippen LogP contribution in [-0.4, -0.2) is 24.6 Å². The molecule has 3 heterocycles. The smallest absolute Gasteiger partial charge is 0.382 e. The predicted octanol–water partition coefficient (Wildman–Crippen LogP) is 5.78. The van der Waals surface area contributed by atoms with Crippen molar-refractivity contribution in [2.24, 2.45) is 5.11 Å².